The Hall–Kier alpha value is -3.69. The second kappa shape index (κ2) is 14.1. The van der Waals surface area contributed by atoms with Crippen LogP contribution in [-0.2, 0) is 38.6 Å². The maximum atomic E-state index is 12.8. The van der Waals surface area contributed by atoms with E-state index in [1.54, 1.807) is 6.20 Å². The number of ether oxygens (including phenoxy) is 1. The monoisotopic (exact) mass is 582 g/mol. The number of imidazole rings is 1. The van der Waals surface area contributed by atoms with E-state index < -0.39 is 24.3 Å². The Labute approximate surface area is 224 Å². The van der Waals surface area contributed by atoms with Gasteiger partial charge in [-0.15, -0.1) is 0 Å². The lowest BCUT2D eigenvalue weighted by atomic mass is 9.98. The third kappa shape index (κ3) is 10.5. The molecule has 0 spiro atoms. The van der Waals surface area contributed by atoms with Crippen molar-refractivity contribution >= 4 is 17.8 Å². The molecule has 3 heterocycles. The maximum Gasteiger partial charge on any atom is 0.490 e. The van der Waals surface area contributed by atoms with Crippen molar-refractivity contribution in [3.05, 3.63) is 47.8 Å². The van der Waals surface area contributed by atoms with E-state index in [9.17, 15) is 31.1 Å². The molecule has 1 aliphatic carbocycles. The lowest BCUT2D eigenvalue weighted by Gasteiger charge is -2.33. The fourth-order valence-electron chi connectivity index (χ4n) is 3.70. The molecule has 1 saturated carbocycles. The van der Waals surface area contributed by atoms with E-state index in [2.05, 4.69) is 14.5 Å². The van der Waals surface area contributed by atoms with Crippen LogP contribution >= 0.6 is 0 Å². The number of fused-ring (bicyclic) bond motifs is 1. The molecule has 0 bridgehead atoms. The van der Waals surface area contributed by atoms with E-state index in [0.717, 1.165) is 23.9 Å². The zero-order chi connectivity index (χ0) is 30.1. The second-order valence-corrected chi connectivity index (χ2v) is 8.91. The fourth-order valence-corrected chi connectivity index (χ4v) is 3.70. The SMILES string of the molecule is CCOCC1CN(C(=O)Cc2ccccn2)Cc2ncn(CC3CC3)c21.O=C(O)C(F)(F)F.O=C(O)C(F)(F)F. The van der Waals surface area contributed by atoms with Gasteiger partial charge in [0.05, 0.1) is 31.6 Å². The van der Waals surface area contributed by atoms with Gasteiger partial charge in [-0.2, -0.15) is 26.3 Å². The van der Waals surface area contributed by atoms with Gasteiger partial charge >= 0.3 is 24.3 Å². The molecule has 1 unspecified atom stereocenters. The van der Waals surface area contributed by atoms with Gasteiger partial charge in [-0.25, -0.2) is 14.6 Å². The molecule has 222 valence electrons. The third-order valence-electron chi connectivity index (χ3n) is 5.70. The average molecular weight is 582 g/mol. The molecular formula is C24H28F6N4O6. The summed E-state index contributed by atoms with van der Waals surface area (Å²) < 4.78 is 71.5. The third-order valence-corrected chi connectivity index (χ3v) is 5.70. The van der Waals surface area contributed by atoms with Gasteiger partial charge in [0, 0.05) is 43.2 Å². The second-order valence-electron chi connectivity index (χ2n) is 8.91. The van der Waals surface area contributed by atoms with E-state index in [1.165, 1.54) is 18.5 Å². The van der Waals surface area contributed by atoms with Crippen LogP contribution in [0.25, 0.3) is 0 Å². The molecule has 1 aliphatic heterocycles. The average Bonchev–Trinajstić information content (AvgIpc) is 3.60. The molecule has 0 radical (unpaired) electrons. The van der Waals surface area contributed by atoms with Crippen molar-refractivity contribution in [2.45, 2.75) is 57.5 Å². The highest BCUT2D eigenvalue weighted by molar-refractivity contribution is 5.78. The molecular weight excluding hydrogens is 554 g/mol. The van der Waals surface area contributed by atoms with Crippen LogP contribution in [0.2, 0.25) is 0 Å². The first-order chi connectivity index (χ1) is 18.6. The van der Waals surface area contributed by atoms with Crippen molar-refractivity contribution in [1.29, 1.82) is 0 Å². The molecule has 1 fully saturated rings. The number of aliphatic carboxylic acids is 2. The number of nitrogens with zero attached hydrogens (tertiary/aromatic N) is 4. The first kappa shape index (κ1) is 32.5. The van der Waals surface area contributed by atoms with Crippen LogP contribution in [-0.4, -0.2) is 79.6 Å². The molecule has 2 aliphatic rings. The van der Waals surface area contributed by atoms with E-state index in [-0.39, 0.29) is 11.8 Å². The summed E-state index contributed by atoms with van der Waals surface area (Å²) in [6, 6.07) is 5.68. The number of hydrogen-bond donors (Lipinski definition) is 2. The maximum absolute atomic E-state index is 12.8. The van der Waals surface area contributed by atoms with Gasteiger partial charge < -0.3 is 24.4 Å². The van der Waals surface area contributed by atoms with Gasteiger partial charge in [-0.05, 0) is 37.8 Å². The highest BCUT2D eigenvalue weighted by Crippen LogP contribution is 2.34. The number of halogens is 6. The fraction of sp³-hybridized carbons (Fsp3) is 0.542. The number of hydrogen-bond acceptors (Lipinski definition) is 6. The summed E-state index contributed by atoms with van der Waals surface area (Å²) in [7, 11) is 0. The van der Waals surface area contributed by atoms with Gasteiger partial charge in [-0.3, -0.25) is 9.78 Å². The Balaban J connectivity index is 0.000000333. The minimum Gasteiger partial charge on any atom is -0.475 e. The van der Waals surface area contributed by atoms with Gasteiger partial charge in [0.25, 0.3) is 0 Å². The number of carbonyl (C=O) groups is 3. The number of carboxylic acid groups (broad SMARTS) is 2. The van der Waals surface area contributed by atoms with Crippen LogP contribution in [0.1, 0.15) is 42.8 Å². The molecule has 1 atom stereocenters. The topological polar surface area (TPSA) is 135 Å². The summed E-state index contributed by atoms with van der Waals surface area (Å²) in [5, 5.41) is 14.2. The largest absolute Gasteiger partial charge is 0.490 e. The van der Waals surface area contributed by atoms with Gasteiger partial charge in [0.2, 0.25) is 5.91 Å². The van der Waals surface area contributed by atoms with Gasteiger partial charge in [-0.1, -0.05) is 6.07 Å². The zero-order valence-electron chi connectivity index (χ0n) is 21.3. The summed E-state index contributed by atoms with van der Waals surface area (Å²) in [4.78, 5) is 41.4. The Bertz CT molecular complexity index is 1110. The van der Waals surface area contributed by atoms with E-state index in [4.69, 9.17) is 24.5 Å². The van der Waals surface area contributed by atoms with E-state index in [1.807, 2.05) is 36.4 Å². The highest BCUT2D eigenvalue weighted by atomic mass is 19.4. The number of carboxylic acids is 2. The molecule has 2 aromatic rings. The number of aromatic nitrogens is 3. The van der Waals surface area contributed by atoms with Crippen molar-refractivity contribution in [3.8, 4) is 0 Å². The quantitative estimate of drug-likeness (QED) is 0.473. The minimum atomic E-state index is -5.08. The summed E-state index contributed by atoms with van der Waals surface area (Å²) in [6.45, 7) is 5.65. The lowest BCUT2D eigenvalue weighted by Crippen LogP contribution is -2.41. The number of carbonyl (C=O) groups excluding carboxylic acids is 1. The first-order valence-electron chi connectivity index (χ1n) is 12.0. The molecule has 0 saturated heterocycles. The highest BCUT2D eigenvalue weighted by Gasteiger charge is 2.39. The van der Waals surface area contributed by atoms with Gasteiger partial charge in [0.1, 0.15) is 0 Å². The summed E-state index contributed by atoms with van der Waals surface area (Å²) in [6.07, 6.45) is -3.52. The lowest BCUT2D eigenvalue weighted by molar-refractivity contribution is -0.193. The van der Waals surface area contributed by atoms with Crippen molar-refractivity contribution in [2.75, 3.05) is 19.8 Å². The minimum absolute atomic E-state index is 0.104. The molecule has 10 nitrogen and oxygen atoms in total. The smallest absolute Gasteiger partial charge is 0.475 e. The van der Waals surface area contributed by atoms with Crippen LogP contribution in [0.15, 0.2) is 30.7 Å². The molecule has 2 aromatic heterocycles. The predicted molar refractivity (Wildman–Crippen MR) is 125 cm³/mol. The predicted octanol–water partition coefficient (Wildman–Crippen LogP) is 3.66. The zero-order valence-corrected chi connectivity index (χ0v) is 21.3. The van der Waals surface area contributed by atoms with E-state index in [0.29, 0.717) is 32.7 Å². The first-order valence-corrected chi connectivity index (χ1v) is 12.0. The number of rotatable bonds is 7. The number of amides is 1. The normalized spacial score (nSPS) is 16.6. The molecule has 1 amide bonds. The summed E-state index contributed by atoms with van der Waals surface area (Å²) >= 11 is 0. The van der Waals surface area contributed by atoms with Crippen LogP contribution in [0.3, 0.4) is 0 Å². The molecule has 16 heteroatoms. The standard InChI is InChI=1S/C20H26N4O2.2C2HF3O2/c1-2-26-13-16-11-23(19(25)9-17-5-3-4-8-21-17)12-18-20(16)24(14-22-18)10-15-6-7-15;2*3-2(4,5)1(6)7/h3-5,8,14-16H,2,6-7,9-13H2,1H3;2*(H,6,7). The molecule has 40 heavy (non-hydrogen) atoms. The van der Waals surface area contributed by atoms with Crippen LogP contribution in [0.5, 0.6) is 0 Å². The van der Waals surface area contributed by atoms with Gasteiger partial charge in [0.15, 0.2) is 0 Å². The summed E-state index contributed by atoms with van der Waals surface area (Å²) in [5.74, 6) is -4.43. The van der Waals surface area contributed by atoms with E-state index >= 15 is 0 Å². The van der Waals surface area contributed by atoms with Crippen molar-refractivity contribution in [1.82, 2.24) is 19.4 Å². The van der Waals surface area contributed by atoms with Crippen LogP contribution < -0.4 is 0 Å². The Morgan fingerprint density at radius 3 is 2.10 bits per heavy atom. The number of alkyl halides is 6. The number of pyridine rings is 1. The Morgan fingerprint density at radius 2 is 1.62 bits per heavy atom. The van der Waals surface area contributed by atoms with Crippen molar-refractivity contribution in [3.63, 3.8) is 0 Å². The van der Waals surface area contributed by atoms with Crippen molar-refractivity contribution in [2.24, 2.45) is 5.92 Å². The van der Waals surface area contributed by atoms with Crippen molar-refractivity contribution < 1.29 is 55.7 Å². The molecule has 2 N–H and O–H groups in total. The van der Waals surface area contributed by atoms with Crippen LogP contribution in [0, 0.1) is 5.92 Å². The Morgan fingerprint density at radius 1 is 1.02 bits per heavy atom. The summed E-state index contributed by atoms with van der Waals surface area (Å²) in [5.41, 5.74) is 3.10. The Kier molecular flexibility index (Phi) is 11.5. The van der Waals surface area contributed by atoms with Crippen LogP contribution in [0.4, 0.5) is 26.3 Å². The molecule has 4 rings (SSSR count). The molecule has 0 aromatic carbocycles.